The largest absolute Gasteiger partial charge is 0.332 e. The zero-order valence-corrected chi connectivity index (χ0v) is 12.8. The van der Waals surface area contributed by atoms with E-state index in [2.05, 4.69) is 0 Å². The summed E-state index contributed by atoms with van der Waals surface area (Å²) < 4.78 is 0. The van der Waals surface area contributed by atoms with Crippen molar-refractivity contribution in [2.24, 2.45) is 0 Å². The summed E-state index contributed by atoms with van der Waals surface area (Å²) in [4.78, 5) is 28.2. The van der Waals surface area contributed by atoms with Crippen molar-refractivity contribution in [2.45, 2.75) is 65.5 Å². The highest BCUT2D eigenvalue weighted by Crippen LogP contribution is 2.37. The van der Waals surface area contributed by atoms with Gasteiger partial charge < -0.3 is 9.80 Å². The van der Waals surface area contributed by atoms with E-state index in [-0.39, 0.29) is 22.9 Å². The Morgan fingerprint density at radius 3 is 1.84 bits per heavy atom. The van der Waals surface area contributed by atoms with Crippen LogP contribution in [0.5, 0.6) is 0 Å². The third kappa shape index (κ3) is 2.40. The van der Waals surface area contributed by atoms with Gasteiger partial charge in [0.15, 0.2) is 0 Å². The van der Waals surface area contributed by atoms with Gasteiger partial charge in [-0.1, -0.05) is 0 Å². The number of hydrogen-bond acceptors (Lipinski definition) is 2. The lowest BCUT2D eigenvalue weighted by atomic mass is 9.97. The molecule has 0 aliphatic carbocycles. The summed E-state index contributed by atoms with van der Waals surface area (Å²) in [5.41, 5.74) is 1.64. The Labute approximate surface area is 115 Å². The van der Waals surface area contributed by atoms with Crippen LogP contribution in [0.3, 0.4) is 0 Å². The van der Waals surface area contributed by atoms with Crippen LogP contribution in [0.2, 0.25) is 0 Å². The molecule has 0 saturated heterocycles. The Morgan fingerprint density at radius 1 is 0.842 bits per heavy atom. The zero-order valence-electron chi connectivity index (χ0n) is 12.8. The third-order valence-corrected chi connectivity index (χ3v) is 3.75. The number of carbonyl (C=O) groups excluding carboxylic acids is 2. The van der Waals surface area contributed by atoms with Crippen LogP contribution < -0.4 is 0 Å². The molecule has 0 aromatic carbocycles. The van der Waals surface area contributed by atoms with Crippen LogP contribution in [-0.2, 0) is 9.59 Å². The monoisotopic (exact) mass is 264 g/mol. The Morgan fingerprint density at radius 2 is 1.37 bits per heavy atom. The first kappa shape index (κ1) is 14.1. The Bertz CT molecular complexity index is 464. The van der Waals surface area contributed by atoms with Gasteiger partial charge in [0.25, 0.3) is 0 Å². The second-order valence-electron chi connectivity index (χ2n) is 7.45. The van der Waals surface area contributed by atoms with Crippen LogP contribution in [0, 0.1) is 0 Å². The molecular formula is C15H24N2O2. The molecule has 2 amide bonds. The minimum absolute atomic E-state index is 0.126. The van der Waals surface area contributed by atoms with Crippen molar-refractivity contribution in [1.29, 1.82) is 0 Å². The molecule has 0 saturated carbocycles. The molecule has 0 unspecified atom stereocenters. The minimum Gasteiger partial charge on any atom is -0.332 e. The summed E-state index contributed by atoms with van der Waals surface area (Å²) in [5.74, 6) is 0.260. The zero-order chi connectivity index (χ0) is 14.6. The highest BCUT2D eigenvalue weighted by Gasteiger charge is 2.43. The van der Waals surface area contributed by atoms with Gasteiger partial charge in [0, 0.05) is 16.8 Å². The van der Waals surface area contributed by atoms with E-state index in [1.807, 2.05) is 51.3 Å². The van der Waals surface area contributed by atoms with Gasteiger partial charge in [0.2, 0.25) is 11.8 Å². The maximum Gasteiger partial charge on any atom is 0.231 e. The third-order valence-electron chi connectivity index (χ3n) is 3.75. The Hall–Kier alpha value is -1.32. The van der Waals surface area contributed by atoms with E-state index in [1.54, 1.807) is 0 Å². The number of amides is 2. The lowest BCUT2D eigenvalue weighted by molar-refractivity contribution is -0.137. The van der Waals surface area contributed by atoms with Crippen molar-refractivity contribution < 1.29 is 9.59 Å². The van der Waals surface area contributed by atoms with Gasteiger partial charge in [0.05, 0.1) is 19.4 Å². The molecule has 2 aliphatic heterocycles. The van der Waals surface area contributed by atoms with E-state index in [4.69, 9.17) is 0 Å². The van der Waals surface area contributed by atoms with Crippen LogP contribution in [0.25, 0.3) is 0 Å². The van der Waals surface area contributed by atoms with Crippen molar-refractivity contribution in [3.63, 3.8) is 0 Å². The van der Waals surface area contributed by atoms with Gasteiger partial charge >= 0.3 is 0 Å². The number of carbonyl (C=O) groups is 2. The SMILES string of the molecule is CC(C)(C)N1CC2=C(CC1=O)CC(=O)N2C(C)(C)C. The van der Waals surface area contributed by atoms with Gasteiger partial charge in [-0.05, 0) is 47.1 Å². The molecule has 0 N–H and O–H groups in total. The molecule has 0 radical (unpaired) electrons. The maximum absolute atomic E-state index is 12.2. The summed E-state index contributed by atoms with van der Waals surface area (Å²) in [5, 5.41) is 0. The maximum atomic E-state index is 12.2. The van der Waals surface area contributed by atoms with Crippen LogP contribution in [0.15, 0.2) is 11.3 Å². The molecule has 4 heteroatoms. The second kappa shape index (κ2) is 4.09. The summed E-state index contributed by atoms with van der Waals surface area (Å²) in [6, 6.07) is 0. The fourth-order valence-corrected chi connectivity index (χ4v) is 2.93. The molecular weight excluding hydrogens is 240 g/mol. The van der Waals surface area contributed by atoms with Crippen LogP contribution in [0.1, 0.15) is 54.4 Å². The quantitative estimate of drug-likeness (QED) is 0.673. The van der Waals surface area contributed by atoms with Gasteiger partial charge in [-0.25, -0.2) is 0 Å². The minimum atomic E-state index is -0.224. The van der Waals surface area contributed by atoms with Crippen LogP contribution in [0.4, 0.5) is 0 Å². The Balaban J connectivity index is 2.37. The molecule has 0 aromatic rings. The summed E-state index contributed by atoms with van der Waals surface area (Å²) in [7, 11) is 0. The summed E-state index contributed by atoms with van der Waals surface area (Å²) in [6.45, 7) is 12.8. The average molecular weight is 264 g/mol. The van der Waals surface area contributed by atoms with E-state index < -0.39 is 0 Å². The molecule has 0 spiro atoms. The van der Waals surface area contributed by atoms with Crippen molar-refractivity contribution in [3.8, 4) is 0 Å². The molecule has 2 aliphatic rings. The molecule has 0 bridgehead atoms. The van der Waals surface area contributed by atoms with E-state index >= 15 is 0 Å². The first-order valence-corrected chi connectivity index (χ1v) is 6.86. The fourth-order valence-electron chi connectivity index (χ4n) is 2.93. The number of nitrogens with zero attached hydrogens (tertiary/aromatic N) is 2. The lowest BCUT2D eigenvalue weighted by Crippen LogP contribution is -2.52. The fraction of sp³-hybridized carbons (Fsp3) is 0.733. The van der Waals surface area contributed by atoms with Gasteiger partial charge in [-0.15, -0.1) is 0 Å². The van der Waals surface area contributed by atoms with Crippen molar-refractivity contribution >= 4 is 11.8 Å². The van der Waals surface area contributed by atoms with Crippen molar-refractivity contribution in [3.05, 3.63) is 11.3 Å². The highest BCUT2D eigenvalue weighted by molar-refractivity contribution is 5.90. The lowest BCUT2D eigenvalue weighted by Gasteiger charge is -2.42. The summed E-state index contributed by atoms with van der Waals surface area (Å²) in [6.07, 6.45) is 0.807. The Kier molecular flexibility index (Phi) is 3.03. The van der Waals surface area contributed by atoms with E-state index in [1.165, 1.54) is 0 Å². The van der Waals surface area contributed by atoms with E-state index in [0.29, 0.717) is 19.4 Å². The molecule has 106 valence electrons. The molecule has 4 nitrogen and oxygen atoms in total. The smallest absolute Gasteiger partial charge is 0.231 e. The second-order valence-corrected chi connectivity index (χ2v) is 7.45. The molecule has 0 atom stereocenters. The average Bonchev–Trinajstić information content (AvgIpc) is 2.49. The normalized spacial score (nSPS) is 21.4. The van der Waals surface area contributed by atoms with Crippen LogP contribution in [-0.4, -0.2) is 39.2 Å². The standard InChI is InChI=1S/C15H24N2O2/c1-14(2,3)16-9-11-10(7-12(16)18)8-13(19)17(11)15(4,5)6/h7-9H2,1-6H3. The van der Waals surface area contributed by atoms with Gasteiger partial charge in [0.1, 0.15) is 0 Å². The topological polar surface area (TPSA) is 40.6 Å². The predicted octanol–water partition coefficient (Wildman–Crippen LogP) is 2.30. The van der Waals surface area contributed by atoms with Crippen molar-refractivity contribution in [1.82, 2.24) is 9.80 Å². The van der Waals surface area contributed by atoms with E-state index in [0.717, 1.165) is 11.3 Å². The molecule has 0 fully saturated rings. The molecule has 2 heterocycles. The predicted molar refractivity (Wildman–Crippen MR) is 74.3 cm³/mol. The van der Waals surface area contributed by atoms with Crippen LogP contribution >= 0.6 is 0 Å². The summed E-state index contributed by atoms with van der Waals surface area (Å²) >= 11 is 0. The molecule has 0 aromatic heterocycles. The van der Waals surface area contributed by atoms with Gasteiger partial charge in [-0.3, -0.25) is 9.59 Å². The highest BCUT2D eigenvalue weighted by atomic mass is 16.2. The molecule has 2 rings (SSSR count). The number of rotatable bonds is 0. The first-order chi connectivity index (χ1) is 8.51. The number of hydrogen-bond donors (Lipinski definition) is 0. The van der Waals surface area contributed by atoms with Gasteiger partial charge in [-0.2, -0.15) is 0 Å². The molecule has 19 heavy (non-hydrogen) atoms. The van der Waals surface area contributed by atoms with Crippen molar-refractivity contribution in [2.75, 3.05) is 6.54 Å². The first-order valence-electron chi connectivity index (χ1n) is 6.86. The van der Waals surface area contributed by atoms with E-state index in [9.17, 15) is 9.59 Å².